The first-order valence-electron chi connectivity index (χ1n) is 11.3. The molecule has 6 heteroatoms. The SMILES string of the molecule is C=CCN(C/C(=C\CO)CCCO[Si](C(C)C)(C(C)C)C(C)C)C(=O)OC(C)(C)C. The van der Waals surface area contributed by atoms with E-state index in [1.807, 2.05) is 20.8 Å². The van der Waals surface area contributed by atoms with Gasteiger partial charge in [-0.05, 0) is 50.2 Å². The van der Waals surface area contributed by atoms with E-state index in [0.717, 1.165) is 18.4 Å². The van der Waals surface area contributed by atoms with Gasteiger partial charge in [0.15, 0.2) is 8.32 Å². The Hall–Kier alpha value is -1.11. The van der Waals surface area contributed by atoms with Crippen LogP contribution in [-0.2, 0) is 9.16 Å². The quantitative estimate of drug-likeness (QED) is 0.207. The lowest BCUT2D eigenvalue weighted by atomic mass is 10.1. The number of nitrogens with zero attached hydrogens (tertiary/aromatic N) is 1. The number of ether oxygens (including phenoxy) is 1. The lowest BCUT2D eigenvalue weighted by Crippen LogP contribution is -2.48. The molecule has 30 heavy (non-hydrogen) atoms. The minimum atomic E-state index is -1.87. The second-order valence-electron chi connectivity index (χ2n) is 9.96. The van der Waals surface area contributed by atoms with E-state index in [2.05, 4.69) is 48.1 Å². The fourth-order valence-electron chi connectivity index (χ4n) is 4.35. The molecule has 0 bridgehead atoms. The maximum atomic E-state index is 12.5. The van der Waals surface area contributed by atoms with Gasteiger partial charge in [-0.15, -0.1) is 6.58 Å². The van der Waals surface area contributed by atoms with E-state index in [-0.39, 0.29) is 12.7 Å². The lowest BCUT2D eigenvalue weighted by molar-refractivity contribution is 0.0286. The van der Waals surface area contributed by atoms with Crippen molar-refractivity contribution in [3.8, 4) is 0 Å². The molecule has 0 aromatic heterocycles. The van der Waals surface area contributed by atoms with E-state index >= 15 is 0 Å². The molecular formula is C24H47NO4Si. The van der Waals surface area contributed by atoms with E-state index in [4.69, 9.17) is 9.16 Å². The van der Waals surface area contributed by atoms with Gasteiger partial charge in [-0.2, -0.15) is 0 Å². The highest BCUT2D eigenvalue weighted by atomic mass is 28.4. The second-order valence-corrected chi connectivity index (χ2v) is 15.4. The van der Waals surface area contributed by atoms with Crippen molar-refractivity contribution in [2.75, 3.05) is 26.3 Å². The summed E-state index contributed by atoms with van der Waals surface area (Å²) in [5, 5.41) is 9.45. The van der Waals surface area contributed by atoms with Crippen molar-refractivity contribution in [3.05, 3.63) is 24.3 Å². The number of carbonyl (C=O) groups is 1. The molecule has 0 saturated heterocycles. The second kappa shape index (κ2) is 13.3. The van der Waals surface area contributed by atoms with Crippen LogP contribution in [0.5, 0.6) is 0 Å². The van der Waals surface area contributed by atoms with Gasteiger partial charge in [0.25, 0.3) is 0 Å². The third-order valence-corrected chi connectivity index (χ3v) is 11.6. The summed E-state index contributed by atoms with van der Waals surface area (Å²) in [6, 6.07) is 0. The highest BCUT2D eigenvalue weighted by molar-refractivity contribution is 6.77. The van der Waals surface area contributed by atoms with E-state index in [1.54, 1.807) is 17.1 Å². The number of rotatable bonds is 13. The Morgan fingerprint density at radius 2 is 1.63 bits per heavy atom. The summed E-state index contributed by atoms with van der Waals surface area (Å²) >= 11 is 0. The fraction of sp³-hybridized carbons (Fsp3) is 0.792. The molecule has 0 aromatic rings. The predicted molar refractivity (Wildman–Crippen MR) is 129 cm³/mol. The molecule has 0 aliphatic carbocycles. The van der Waals surface area contributed by atoms with E-state index in [1.165, 1.54) is 0 Å². The van der Waals surface area contributed by atoms with Gasteiger partial charge in [-0.3, -0.25) is 0 Å². The number of carbonyl (C=O) groups excluding carboxylic acids is 1. The molecule has 0 aliphatic rings. The van der Waals surface area contributed by atoms with Gasteiger partial charge in [0, 0.05) is 19.7 Å². The van der Waals surface area contributed by atoms with Crippen molar-refractivity contribution < 1.29 is 19.1 Å². The first-order valence-corrected chi connectivity index (χ1v) is 13.5. The lowest BCUT2D eigenvalue weighted by Gasteiger charge is -2.42. The number of hydrogen-bond acceptors (Lipinski definition) is 4. The van der Waals surface area contributed by atoms with Crippen LogP contribution in [0, 0.1) is 0 Å². The van der Waals surface area contributed by atoms with Crippen molar-refractivity contribution in [1.29, 1.82) is 0 Å². The molecule has 1 N–H and O–H groups in total. The van der Waals surface area contributed by atoms with Gasteiger partial charge in [-0.1, -0.05) is 59.3 Å². The number of amides is 1. The molecule has 0 radical (unpaired) electrons. The van der Waals surface area contributed by atoms with Gasteiger partial charge in [0.05, 0.1) is 6.61 Å². The average Bonchev–Trinajstić information content (AvgIpc) is 2.58. The van der Waals surface area contributed by atoms with Crippen molar-refractivity contribution in [1.82, 2.24) is 4.90 Å². The zero-order chi connectivity index (χ0) is 23.5. The largest absolute Gasteiger partial charge is 0.444 e. The van der Waals surface area contributed by atoms with Gasteiger partial charge < -0.3 is 19.2 Å². The van der Waals surface area contributed by atoms with Gasteiger partial charge >= 0.3 is 6.09 Å². The van der Waals surface area contributed by atoms with Gasteiger partial charge in [0.1, 0.15) is 5.60 Å². The highest BCUT2D eigenvalue weighted by Gasteiger charge is 2.44. The molecule has 0 spiro atoms. The van der Waals surface area contributed by atoms with Gasteiger partial charge in [0.2, 0.25) is 0 Å². The van der Waals surface area contributed by atoms with Crippen molar-refractivity contribution >= 4 is 14.4 Å². The Morgan fingerprint density at radius 3 is 2.03 bits per heavy atom. The molecule has 0 aromatic carbocycles. The molecular weight excluding hydrogens is 394 g/mol. The molecule has 5 nitrogen and oxygen atoms in total. The fourth-order valence-corrected chi connectivity index (χ4v) is 9.85. The first-order chi connectivity index (χ1) is 13.8. The number of aliphatic hydroxyl groups excluding tert-OH is 1. The Morgan fingerprint density at radius 1 is 1.10 bits per heavy atom. The summed E-state index contributed by atoms with van der Waals surface area (Å²) in [5.74, 6) is 0. The summed E-state index contributed by atoms with van der Waals surface area (Å²) < 4.78 is 12.1. The van der Waals surface area contributed by atoms with Crippen LogP contribution in [0.3, 0.4) is 0 Å². The normalized spacial score (nSPS) is 13.3. The highest BCUT2D eigenvalue weighted by Crippen LogP contribution is 2.42. The van der Waals surface area contributed by atoms with E-state index in [9.17, 15) is 9.90 Å². The Labute approximate surface area is 186 Å². The van der Waals surface area contributed by atoms with Crippen molar-refractivity contribution in [2.24, 2.45) is 0 Å². The molecule has 0 fully saturated rings. The Balaban J connectivity index is 5.07. The standard InChI is InChI=1S/C24H47NO4Si/c1-11-15-25(23(27)29-24(8,9)10)18-22(14-16-26)13-12-17-28-30(19(2)3,20(4)5)21(6)7/h11,14,19-21,26H,1,12-13,15-18H2,2-10H3/b22-14-. The van der Waals surface area contributed by atoms with Crippen LogP contribution in [0.25, 0.3) is 0 Å². The zero-order valence-corrected chi connectivity index (χ0v) is 22.0. The van der Waals surface area contributed by atoms with Crippen LogP contribution < -0.4 is 0 Å². The first kappa shape index (κ1) is 28.9. The minimum Gasteiger partial charge on any atom is -0.444 e. The minimum absolute atomic E-state index is 0.0465. The Bertz CT molecular complexity index is 528. The van der Waals surface area contributed by atoms with Crippen LogP contribution in [0.1, 0.15) is 75.2 Å². The third-order valence-electron chi connectivity index (χ3n) is 5.48. The maximum absolute atomic E-state index is 12.5. The molecule has 176 valence electrons. The summed E-state index contributed by atoms with van der Waals surface area (Å²) in [6.07, 6.45) is 4.75. The summed E-state index contributed by atoms with van der Waals surface area (Å²) in [4.78, 5) is 14.1. The van der Waals surface area contributed by atoms with Crippen LogP contribution in [0.2, 0.25) is 16.6 Å². The summed E-state index contributed by atoms with van der Waals surface area (Å²) in [7, 11) is -1.87. The summed E-state index contributed by atoms with van der Waals surface area (Å²) in [5.41, 5.74) is 2.13. The smallest absolute Gasteiger partial charge is 0.410 e. The van der Waals surface area contributed by atoms with Crippen molar-refractivity contribution in [2.45, 2.75) is 97.4 Å². The third kappa shape index (κ3) is 9.35. The molecule has 0 heterocycles. The number of aliphatic hydroxyl groups is 1. The molecule has 0 aliphatic heterocycles. The topological polar surface area (TPSA) is 59.0 Å². The van der Waals surface area contributed by atoms with Crippen LogP contribution in [0.15, 0.2) is 24.3 Å². The molecule has 0 rings (SSSR count). The van der Waals surface area contributed by atoms with Gasteiger partial charge in [-0.25, -0.2) is 4.79 Å². The molecule has 0 unspecified atom stereocenters. The average molecular weight is 442 g/mol. The molecule has 0 saturated carbocycles. The molecule has 0 atom stereocenters. The van der Waals surface area contributed by atoms with Crippen LogP contribution in [-0.4, -0.2) is 56.3 Å². The van der Waals surface area contributed by atoms with Crippen molar-refractivity contribution in [3.63, 3.8) is 0 Å². The molecule has 1 amide bonds. The Kier molecular flexibility index (Phi) is 12.8. The maximum Gasteiger partial charge on any atom is 0.410 e. The number of hydrogen-bond donors (Lipinski definition) is 1. The predicted octanol–water partition coefficient (Wildman–Crippen LogP) is 6.30. The zero-order valence-electron chi connectivity index (χ0n) is 21.0. The monoisotopic (exact) mass is 441 g/mol. The van der Waals surface area contributed by atoms with E-state index in [0.29, 0.717) is 36.3 Å². The van der Waals surface area contributed by atoms with Crippen LogP contribution >= 0.6 is 0 Å². The summed E-state index contributed by atoms with van der Waals surface area (Å²) in [6.45, 7) is 24.5. The van der Waals surface area contributed by atoms with Crippen LogP contribution in [0.4, 0.5) is 4.79 Å². The van der Waals surface area contributed by atoms with E-state index < -0.39 is 13.9 Å².